The normalized spacial score (nSPS) is 24.7. The molecule has 4 rings (SSSR count). The molecule has 2 aromatic heterocycles. The largest absolute Gasteiger partial charge is 0.508 e. The van der Waals surface area contributed by atoms with Gasteiger partial charge < -0.3 is 29.5 Å². The Morgan fingerprint density at radius 2 is 2.00 bits per heavy atom. The molecule has 1 aromatic carbocycles. The van der Waals surface area contributed by atoms with Crippen LogP contribution in [0.15, 0.2) is 41.2 Å². The molecule has 1 fully saturated rings. The molecule has 8 nitrogen and oxygen atoms in total. The number of carbonyl (C=O) groups excluding carboxylic acids is 1. The molecule has 0 bridgehead atoms. The summed E-state index contributed by atoms with van der Waals surface area (Å²) in [7, 11) is 0. The van der Waals surface area contributed by atoms with Gasteiger partial charge in [0.05, 0.1) is 6.61 Å². The standard InChI is InChI=1S/C23H24ClNO7S2/c1-2-30-23(29)31-10-17-18(26)19(27)20(28)21(32-17)12-3-4-16(24)14(7-12)8-15-9-25-22(34-15)13-5-6-33-11-13/h3-7,9,11,17-21,26-28H,2,8,10H2,1H3/t17-,18-,19+,20-,21+/m1/s1. The Labute approximate surface area is 209 Å². The second kappa shape index (κ2) is 11.1. The number of rotatable bonds is 7. The highest BCUT2D eigenvalue weighted by Crippen LogP contribution is 2.35. The topological polar surface area (TPSA) is 118 Å². The number of thiazole rings is 1. The lowest BCUT2D eigenvalue weighted by molar-refractivity contribution is -0.232. The maximum absolute atomic E-state index is 11.5. The SMILES string of the molecule is CCOC(=O)OC[C@H]1O[C@@H](c2ccc(Cl)c(Cc3cnc(-c4ccsc4)s3)c2)[C@H](O)[C@@H](O)[C@@H]1O. The zero-order valence-electron chi connectivity index (χ0n) is 18.2. The van der Waals surface area contributed by atoms with Crippen molar-refractivity contribution in [2.75, 3.05) is 13.2 Å². The summed E-state index contributed by atoms with van der Waals surface area (Å²) in [5.74, 6) is 0. The van der Waals surface area contributed by atoms with Crippen molar-refractivity contribution in [1.82, 2.24) is 4.98 Å². The summed E-state index contributed by atoms with van der Waals surface area (Å²) in [5.41, 5.74) is 2.44. The van der Waals surface area contributed by atoms with E-state index in [-0.39, 0.29) is 13.2 Å². The Morgan fingerprint density at radius 1 is 1.18 bits per heavy atom. The van der Waals surface area contributed by atoms with E-state index in [1.54, 1.807) is 47.8 Å². The van der Waals surface area contributed by atoms with Gasteiger partial charge >= 0.3 is 6.16 Å². The predicted octanol–water partition coefficient (Wildman–Crippen LogP) is 3.81. The monoisotopic (exact) mass is 525 g/mol. The number of aliphatic hydroxyl groups is 3. The molecule has 0 radical (unpaired) electrons. The van der Waals surface area contributed by atoms with Gasteiger partial charge in [-0.15, -0.1) is 11.3 Å². The summed E-state index contributed by atoms with van der Waals surface area (Å²) in [6, 6.07) is 7.21. The molecule has 1 saturated heterocycles. The van der Waals surface area contributed by atoms with Crippen molar-refractivity contribution in [1.29, 1.82) is 0 Å². The molecular weight excluding hydrogens is 502 g/mol. The number of hydrogen-bond acceptors (Lipinski definition) is 10. The summed E-state index contributed by atoms with van der Waals surface area (Å²) in [6.45, 7) is 1.43. The molecule has 3 heterocycles. The quantitative estimate of drug-likeness (QED) is 0.398. The van der Waals surface area contributed by atoms with Crippen LogP contribution in [-0.4, -0.2) is 64.1 Å². The van der Waals surface area contributed by atoms with Gasteiger partial charge in [-0.1, -0.05) is 23.7 Å². The second-order valence-corrected chi connectivity index (χ2v) is 10.0. The van der Waals surface area contributed by atoms with Crippen LogP contribution in [-0.2, 0) is 20.6 Å². The molecule has 0 unspecified atom stereocenters. The molecule has 0 spiro atoms. The Bertz CT molecular complexity index is 1110. The molecule has 0 saturated carbocycles. The maximum Gasteiger partial charge on any atom is 0.508 e. The molecule has 182 valence electrons. The fraction of sp³-hybridized carbons (Fsp3) is 0.391. The van der Waals surface area contributed by atoms with Gasteiger partial charge in [0, 0.05) is 33.5 Å². The number of aliphatic hydroxyl groups excluding tert-OH is 3. The predicted molar refractivity (Wildman–Crippen MR) is 128 cm³/mol. The van der Waals surface area contributed by atoms with Crippen molar-refractivity contribution in [2.24, 2.45) is 0 Å². The first-order chi connectivity index (χ1) is 16.4. The third-order valence-corrected chi connectivity index (χ3v) is 7.52. The molecule has 0 amide bonds. The van der Waals surface area contributed by atoms with Crippen molar-refractivity contribution >= 4 is 40.4 Å². The second-order valence-electron chi connectivity index (χ2n) is 7.73. The number of thiophene rings is 1. The lowest BCUT2D eigenvalue weighted by atomic mass is 9.90. The van der Waals surface area contributed by atoms with Crippen LogP contribution in [0.25, 0.3) is 10.6 Å². The molecule has 1 aliphatic heterocycles. The lowest BCUT2D eigenvalue weighted by Gasteiger charge is -2.40. The number of carbonyl (C=O) groups is 1. The van der Waals surface area contributed by atoms with Crippen LogP contribution >= 0.6 is 34.3 Å². The van der Waals surface area contributed by atoms with Gasteiger partial charge in [-0.25, -0.2) is 9.78 Å². The van der Waals surface area contributed by atoms with Gasteiger partial charge in [-0.3, -0.25) is 0 Å². The number of halogens is 1. The van der Waals surface area contributed by atoms with Crippen LogP contribution in [0, 0.1) is 0 Å². The van der Waals surface area contributed by atoms with Crippen molar-refractivity contribution in [2.45, 2.75) is 43.9 Å². The minimum absolute atomic E-state index is 0.138. The van der Waals surface area contributed by atoms with E-state index in [1.807, 2.05) is 23.0 Å². The first-order valence-corrected chi connectivity index (χ1v) is 12.8. The summed E-state index contributed by atoms with van der Waals surface area (Å²) in [6.07, 6.45) is -4.92. The van der Waals surface area contributed by atoms with Gasteiger partial charge in [0.1, 0.15) is 42.1 Å². The Morgan fingerprint density at radius 3 is 2.74 bits per heavy atom. The van der Waals surface area contributed by atoms with Gasteiger partial charge in [-0.2, -0.15) is 11.3 Å². The molecule has 3 aromatic rings. The smallest absolute Gasteiger partial charge is 0.435 e. The number of aromatic nitrogens is 1. The average Bonchev–Trinajstić information content (AvgIpc) is 3.51. The molecule has 1 aliphatic rings. The van der Waals surface area contributed by atoms with Crippen molar-refractivity contribution in [3.8, 4) is 10.6 Å². The zero-order chi connectivity index (χ0) is 24.2. The van der Waals surface area contributed by atoms with Gasteiger partial charge in [0.15, 0.2) is 0 Å². The highest BCUT2D eigenvalue weighted by atomic mass is 35.5. The van der Waals surface area contributed by atoms with Crippen LogP contribution in [0.4, 0.5) is 4.79 Å². The summed E-state index contributed by atoms with van der Waals surface area (Å²) in [4.78, 5) is 17.0. The minimum atomic E-state index is -1.50. The molecule has 0 aliphatic carbocycles. The third-order valence-electron chi connectivity index (χ3n) is 5.42. The fourth-order valence-corrected chi connectivity index (χ4v) is 5.51. The van der Waals surface area contributed by atoms with Crippen LogP contribution in [0.3, 0.4) is 0 Å². The summed E-state index contributed by atoms with van der Waals surface area (Å²) in [5, 5.41) is 36.8. The van der Waals surface area contributed by atoms with Crippen LogP contribution in [0.2, 0.25) is 5.02 Å². The van der Waals surface area contributed by atoms with E-state index in [4.69, 9.17) is 25.8 Å². The number of ether oxygens (including phenoxy) is 3. The Balaban J connectivity index is 1.51. The molecular formula is C23H24ClNO7S2. The fourth-order valence-electron chi connectivity index (χ4n) is 3.68. The van der Waals surface area contributed by atoms with E-state index in [9.17, 15) is 20.1 Å². The van der Waals surface area contributed by atoms with E-state index < -0.39 is 36.7 Å². The molecule has 3 N–H and O–H groups in total. The first kappa shape index (κ1) is 25.1. The third kappa shape index (κ3) is 5.60. The van der Waals surface area contributed by atoms with E-state index in [0.717, 1.165) is 21.0 Å². The molecule has 34 heavy (non-hydrogen) atoms. The zero-order valence-corrected chi connectivity index (χ0v) is 20.6. The molecule has 5 atom stereocenters. The molecule has 11 heteroatoms. The lowest BCUT2D eigenvalue weighted by Crippen LogP contribution is -2.55. The highest BCUT2D eigenvalue weighted by molar-refractivity contribution is 7.15. The van der Waals surface area contributed by atoms with Crippen molar-refractivity contribution in [3.63, 3.8) is 0 Å². The van der Waals surface area contributed by atoms with Crippen LogP contribution < -0.4 is 0 Å². The number of nitrogens with zero attached hydrogens (tertiary/aromatic N) is 1. The summed E-state index contributed by atoms with van der Waals surface area (Å²) >= 11 is 9.63. The Kier molecular flexibility index (Phi) is 8.20. The van der Waals surface area contributed by atoms with Crippen LogP contribution in [0.5, 0.6) is 0 Å². The van der Waals surface area contributed by atoms with E-state index in [0.29, 0.717) is 17.0 Å². The average molecular weight is 526 g/mol. The van der Waals surface area contributed by atoms with Crippen molar-refractivity contribution in [3.05, 3.63) is 62.2 Å². The van der Waals surface area contributed by atoms with Gasteiger partial charge in [0.25, 0.3) is 0 Å². The first-order valence-electron chi connectivity index (χ1n) is 10.6. The number of benzene rings is 1. The van der Waals surface area contributed by atoms with E-state index in [2.05, 4.69) is 4.98 Å². The maximum atomic E-state index is 11.5. The van der Waals surface area contributed by atoms with Gasteiger partial charge in [-0.05, 0) is 35.6 Å². The van der Waals surface area contributed by atoms with E-state index >= 15 is 0 Å². The van der Waals surface area contributed by atoms with Gasteiger partial charge in [0.2, 0.25) is 0 Å². The Hall–Kier alpha value is -2.05. The minimum Gasteiger partial charge on any atom is -0.435 e. The van der Waals surface area contributed by atoms with Crippen molar-refractivity contribution < 1.29 is 34.3 Å². The van der Waals surface area contributed by atoms with Crippen LogP contribution in [0.1, 0.15) is 29.0 Å². The van der Waals surface area contributed by atoms with E-state index in [1.165, 1.54) is 0 Å². The summed E-state index contributed by atoms with van der Waals surface area (Å²) < 4.78 is 15.5. The highest BCUT2D eigenvalue weighted by Gasteiger charge is 2.44. The number of hydrogen-bond donors (Lipinski definition) is 3.